The van der Waals surface area contributed by atoms with Crippen LogP contribution >= 0.6 is 27.3 Å². The van der Waals surface area contributed by atoms with E-state index in [9.17, 15) is 4.79 Å². The number of thiophene rings is 1. The predicted molar refractivity (Wildman–Crippen MR) is 111 cm³/mol. The minimum Gasteiger partial charge on any atom is -0.288 e. The molecule has 0 aliphatic heterocycles. The summed E-state index contributed by atoms with van der Waals surface area (Å²) in [5.74, 6) is 0.0893. The molecule has 2 aromatic heterocycles. The highest BCUT2D eigenvalue weighted by atomic mass is 79.9. The average Bonchev–Trinajstić information content (AvgIpc) is 3.32. The SMILES string of the molecule is O=C(Nc1ncn(Cc2cccc(Br)c2)n1)c1sccc1-c1ccccc1. The second kappa shape index (κ2) is 7.85. The average molecular weight is 439 g/mol. The molecule has 0 aliphatic rings. The molecule has 27 heavy (non-hydrogen) atoms. The quantitative estimate of drug-likeness (QED) is 0.473. The molecule has 1 N–H and O–H groups in total. The van der Waals surface area contributed by atoms with E-state index in [2.05, 4.69) is 31.3 Å². The minimum absolute atomic E-state index is 0.205. The summed E-state index contributed by atoms with van der Waals surface area (Å²) in [5.41, 5.74) is 3.01. The molecule has 2 heterocycles. The van der Waals surface area contributed by atoms with E-state index < -0.39 is 0 Å². The number of hydrogen-bond donors (Lipinski definition) is 1. The maximum Gasteiger partial charge on any atom is 0.268 e. The normalized spacial score (nSPS) is 10.7. The first kappa shape index (κ1) is 17.6. The fraction of sp³-hybridized carbons (Fsp3) is 0.0500. The van der Waals surface area contributed by atoms with Gasteiger partial charge in [-0.05, 0) is 34.7 Å². The number of benzene rings is 2. The summed E-state index contributed by atoms with van der Waals surface area (Å²) in [6, 6.07) is 19.8. The number of carbonyl (C=O) groups is 1. The van der Waals surface area contributed by atoms with Gasteiger partial charge in [-0.1, -0.05) is 58.4 Å². The molecule has 4 rings (SSSR count). The standard InChI is InChI=1S/C20H15BrN4OS/c21-16-8-4-5-14(11-16)12-25-13-22-20(24-25)23-19(26)18-17(9-10-27-18)15-6-2-1-3-7-15/h1-11,13H,12H2,(H,23,24,26). The van der Waals surface area contributed by atoms with Crippen LogP contribution in [0.4, 0.5) is 5.95 Å². The van der Waals surface area contributed by atoms with Crippen LogP contribution in [0.3, 0.4) is 0 Å². The lowest BCUT2D eigenvalue weighted by atomic mass is 10.1. The van der Waals surface area contributed by atoms with E-state index in [1.165, 1.54) is 11.3 Å². The molecular formula is C20H15BrN4OS. The Balaban J connectivity index is 1.48. The van der Waals surface area contributed by atoms with Gasteiger partial charge in [0.05, 0.1) is 6.54 Å². The fourth-order valence-electron chi connectivity index (χ4n) is 2.74. The van der Waals surface area contributed by atoms with Gasteiger partial charge >= 0.3 is 0 Å². The van der Waals surface area contributed by atoms with Crippen molar-refractivity contribution in [3.05, 3.63) is 87.3 Å². The number of nitrogens with one attached hydrogen (secondary N) is 1. The largest absolute Gasteiger partial charge is 0.288 e. The zero-order valence-electron chi connectivity index (χ0n) is 14.2. The van der Waals surface area contributed by atoms with Crippen LogP contribution in [0, 0.1) is 0 Å². The molecule has 0 aliphatic carbocycles. The van der Waals surface area contributed by atoms with Gasteiger partial charge in [-0.25, -0.2) is 9.67 Å². The molecule has 0 unspecified atom stereocenters. The molecule has 0 saturated carbocycles. The summed E-state index contributed by atoms with van der Waals surface area (Å²) in [7, 11) is 0. The van der Waals surface area contributed by atoms with Crippen molar-refractivity contribution in [3.63, 3.8) is 0 Å². The molecule has 2 aromatic carbocycles. The zero-order chi connectivity index (χ0) is 18.6. The Kier molecular flexibility index (Phi) is 5.13. The van der Waals surface area contributed by atoms with Gasteiger partial charge in [-0.3, -0.25) is 10.1 Å². The van der Waals surface area contributed by atoms with Gasteiger partial charge < -0.3 is 0 Å². The lowest BCUT2D eigenvalue weighted by molar-refractivity contribution is 0.103. The summed E-state index contributed by atoms with van der Waals surface area (Å²) in [4.78, 5) is 17.5. The van der Waals surface area contributed by atoms with Crippen LogP contribution in [0.15, 0.2) is 76.8 Å². The first-order valence-corrected chi connectivity index (χ1v) is 9.94. The maximum atomic E-state index is 12.7. The molecule has 4 aromatic rings. The van der Waals surface area contributed by atoms with Gasteiger partial charge in [0.15, 0.2) is 0 Å². The number of carbonyl (C=O) groups excluding carboxylic acids is 1. The van der Waals surface area contributed by atoms with Crippen molar-refractivity contribution in [3.8, 4) is 11.1 Å². The zero-order valence-corrected chi connectivity index (χ0v) is 16.6. The van der Waals surface area contributed by atoms with Crippen LogP contribution in [0.2, 0.25) is 0 Å². The summed E-state index contributed by atoms with van der Waals surface area (Å²) in [5, 5.41) is 9.05. The van der Waals surface area contributed by atoms with E-state index in [0.29, 0.717) is 17.4 Å². The third-order valence-corrected chi connectivity index (χ3v) is 5.36. The molecule has 5 nitrogen and oxygen atoms in total. The second-order valence-corrected chi connectivity index (χ2v) is 7.71. The Bertz CT molecular complexity index is 1070. The number of amides is 1. The number of nitrogens with zero attached hydrogens (tertiary/aromatic N) is 3. The van der Waals surface area contributed by atoms with E-state index >= 15 is 0 Å². The van der Waals surface area contributed by atoms with Gasteiger partial charge in [0.2, 0.25) is 5.95 Å². The number of aromatic nitrogens is 3. The molecule has 0 bridgehead atoms. The monoisotopic (exact) mass is 438 g/mol. The second-order valence-electron chi connectivity index (χ2n) is 5.88. The van der Waals surface area contributed by atoms with Crippen LogP contribution in [-0.2, 0) is 6.54 Å². The van der Waals surface area contributed by atoms with Crippen LogP contribution in [0.1, 0.15) is 15.2 Å². The van der Waals surface area contributed by atoms with Crippen molar-refractivity contribution in [1.82, 2.24) is 14.8 Å². The van der Waals surface area contributed by atoms with Crippen molar-refractivity contribution in [2.24, 2.45) is 0 Å². The Labute approximate surface area is 168 Å². The molecule has 1 amide bonds. The van der Waals surface area contributed by atoms with E-state index in [1.807, 2.05) is 66.0 Å². The van der Waals surface area contributed by atoms with Crippen molar-refractivity contribution in [2.75, 3.05) is 5.32 Å². The van der Waals surface area contributed by atoms with E-state index in [0.717, 1.165) is 21.2 Å². The third kappa shape index (κ3) is 4.15. The highest BCUT2D eigenvalue weighted by Crippen LogP contribution is 2.28. The highest BCUT2D eigenvalue weighted by Gasteiger charge is 2.16. The molecule has 0 fully saturated rings. The molecule has 0 radical (unpaired) electrons. The molecular weight excluding hydrogens is 424 g/mol. The van der Waals surface area contributed by atoms with Crippen molar-refractivity contribution < 1.29 is 4.79 Å². The van der Waals surface area contributed by atoms with Gasteiger partial charge in [-0.2, -0.15) is 0 Å². The summed E-state index contributed by atoms with van der Waals surface area (Å²) in [6.45, 7) is 0.580. The molecule has 134 valence electrons. The van der Waals surface area contributed by atoms with E-state index in [4.69, 9.17) is 0 Å². The van der Waals surface area contributed by atoms with Gasteiger partial charge in [0, 0.05) is 10.0 Å². The van der Waals surface area contributed by atoms with Crippen LogP contribution in [0.25, 0.3) is 11.1 Å². The Morgan fingerprint density at radius 3 is 2.78 bits per heavy atom. The molecule has 0 saturated heterocycles. The van der Waals surface area contributed by atoms with E-state index in [1.54, 1.807) is 11.0 Å². The van der Waals surface area contributed by atoms with E-state index in [-0.39, 0.29) is 5.91 Å². The maximum absolute atomic E-state index is 12.7. The number of hydrogen-bond acceptors (Lipinski definition) is 4. The first-order valence-electron chi connectivity index (χ1n) is 8.27. The fourth-order valence-corrected chi connectivity index (χ4v) is 4.00. The predicted octanol–water partition coefficient (Wildman–Crippen LogP) is 5.07. The number of rotatable bonds is 5. The van der Waals surface area contributed by atoms with Gasteiger partial charge in [-0.15, -0.1) is 16.4 Å². The van der Waals surface area contributed by atoms with Crippen molar-refractivity contribution in [2.45, 2.75) is 6.54 Å². The first-order chi connectivity index (χ1) is 13.2. The molecule has 0 spiro atoms. The Morgan fingerprint density at radius 2 is 1.96 bits per heavy atom. The van der Waals surface area contributed by atoms with Crippen LogP contribution < -0.4 is 5.32 Å². The van der Waals surface area contributed by atoms with Gasteiger partial charge in [0.1, 0.15) is 11.2 Å². The third-order valence-electron chi connectivity index (χ3n) is 3.95. The number of anilines is 1. The Morgan fingerprint density at radius 1 is 1.11 bits per heavy atom. The highest BCUT2D eigenvalue weighted by molar-refractivity contribution is 9.10. The molecule has 7 heteroatoms. The van der Waals surface area contributed by atoms with Crippen molar-refractivity contribution in [1.29, 1.82) is 0 Å². The lowest BCUT2D eigenvalue weighted by Crippen LogP contribution is -2.13. The summed E-state index contributed by atoms with van der Waals surface area (Å²) in [6.07, 6.45) is 1.61. The topological polar surface area (TPSA) is 59.8 Å². The van der Waals surface area contributed by atoms with Crippen LogP contribution in [0.5, 0.6) is 0 Å². The van der Waals surface area contributed by atoms with Gasteiger partial charge in [0.25, 0.3) is 5.91 Å². The Hall–Kier alpha value is -2.77. The summed E-state index contributed by atoms with van der Waals surface area (Å²) < 4.78 is 2.71. The summed E-state index contributed by atoms with van der Waals surface area (Å²) >= 11 is 4.86. The lowest BCUT2D eigenvalue weighted by Gasteiger charge is -2.04. The minimum atomic E-state index is -0.205. The van der Waals surface area contributed by atoms with Crippen molar-refractivity contribution >= 4 is 39.1 Å². The van der Waals surface area contributed by atoms with Crippen LogP contribution in [-0.4, -0.2) is 20.7 Å². The molecule has 0 atom stereocenters. The smallest absolute Gasteiger partial charge is 0.268 e. The number of halogens is 1.